The first-order valence-electron chi connectivity index (χ1n) is 20.3. The molecule has 0 N–H and O–H groups in total. The number of hydrogen-bond donors (Lipinski definition) is 0. The lowest BCUT2D eigenvalue weighted by Crippen LogP contribution is -2.06. The summed E-state index contributed by atoms with van der Waals surface area (Å²) in [6, 6.07) is 30.8. The van der Waals surface area contributed by atoms with Crippen LogP contribution in [0.3, 0.4) is 0 Å². The van der Waals surface area contributed by atoms with Gasteiger partial charge in [-0.2, -0.15) is 9.97 Å². The van der Waals surface area contributed by atoms with Gasteiger partial charge in [-0.15, -0.1) is 0 Å². The molecule has 0 bridgehead atoms. The smallest absolute Gasteiger partial charge is 0.238 e. The first kappa shape index (κ1) is 21.1. The van der Waals surface area contributed by atoms with Crippen LogP contribution in [0, 0.1) is 0 Å². The second-order valence-corrected chi connectivity index (χ2v) is 12.2. The summed E-state index contributed by atoms with van der Waals surface area (Å²) >= 11 is 0. The van der Waals surface area contributed by atoms with Crippen molar-refractivity contribution in [3.8, 4) is 39.9 Å². The van der Waals surface area contributed by atoms with Crippen molar-refractivity contribution in [2.45, 2.75) is 0 Å². The molecule has 0 radical (unpaired) electrons. The Morgan fingerprint density at radius 2 is 1.16 bits per heavy atom. The Labute approximate surface area is 302 Å². The van der Waals surface area contributed by atoms with Crippen molar-refractivity contribution >= 4 is 65.7 Å². The molecule has 0 unspecified atom stereocenters. The monoisotopic (exact) mass is 662 g/mol. The third-order valence-corrected chi connectivity index (χ3v) is 9.34. The molecule has 0 aliphatic rings. The van der Waals surface area contributed by atoms with Crippen molar-refractivity contribution in [2.75, 3.05) is 0 Å². The molecule has 0 aliphatic carbocycles. The summed E-state index contributed by atoms with van der Waals surface area (Å²) in [5.41, 5.74) is 5.60. The fraction of sp³-hybridized carbons (Fsp3) is 0. The van der Waals surface area contributed by atoms with E-state index < -0.39 is 48.3 Å². The van der Waals surface area contributed by atoms with Crippen molar-refractivity contribution in [3.05, 3.63) is 158 Å². The zero-order valence-corrected chi connectivity index (χ0v) is 26.5. The highest BCUT2D eigenvalue weighted by molar-refractivity contribution is 6.14. The van der Waals surface area contributed by atoms with Gasteiger partial charge in [0.15, 0.2) is 11.6 Å². The van der Waals surface area contributed by atoms with E-state index in [4.69, 9.17) is 34.8 Å². The molecule has 0 amide bonds. The molecule has 51 heavy (non-hydrogen) atoms. The summed E-state index contributed by atoms with van der Waals surface area (Å²) in [7, 11) is 0. The molecule has 0 atom stereocenters. The molecule has 0 saturated heterocycles. The molecule has 4 aromatic heterocycles. The van der Waals surface area contributed by atoms with Gasteiger partial charge in [0, 0.05) is 49.0 Å². The van der Waals surface area contributed by atoms with Crippen LogP contribution in [0.15, 0.2) is 166 Å². The minimum Gasteiger partial charge on any atom is -0.456 e. The van der Waals surface area contributed by atoms with Crippen LogP contribution in [0.4, 0.5) is 0 Å². The maximum atomic E-state index is 9.04. The standard InChI is InChI=1S/C45H26N4O2/c1-2-12-27(13-3-1)43-46-44(48-45(47-43)49-36-20-7-4-14-30(36)31-15-5-8-21-37(31)49)35-19-11-23-39-41(35)34-25-24-28(26-40(34)50-39)29-17-10-18-33-32-16-6-9-22-38(32)51-42(29)33/h1-26H/i4D,5D,7D,8D,14D,15D,20D,21D. The maximum absolute atomic E-state index is 9.04. The van der Waals surface area contributed by atoms with Gasteiger partial charge >= 0.3 is 0 Å². The average Bonchev–Trinajstić information content (AvgIpc) is 3.96. The number of aromatic nitrogens is 4. The van der Waals surface area contributed by atoms with Crippen LogP contribution in [0.25, 0.3) is 106 Å². The van der Waals surface area contributed by atoms with Gasteiger partial charge in [0.25, 0.3) is 0 Å². The highest BCUT2D eigenvalue weighted by atomic mass is 16.3. The number of rotatable bonds is 4. The van der Waals surface area contributed by atoms with Gasteiger partial charge in [-0.25, -0.2) is 4.98 Å². The van der Waals surface area contributed by atoms with Crippen LogP contribution < -0.4 is 0 Å². The Hall–Kier alpha value is -7.05. The summed E-state index contributed by atoms with van der Waals surface area (Å²) in [4.78, 5) is 14.7. The van der Waals surface area contributed by atoms with Crippen molar-refractivity contribution in [3.63, 3.8) is 0 Å². The summed E-state index contributed by atoms with van der Waals surface area (Å²) in [6.07, 6.45) is 0. The molecule has 11 rings (SSSR count). The molecule has 0 aliphatic heterocycles. The van der Waals surface area contributed by atoms with Gasteiger partial charge < -0.3 is 8.83 Å². The van der Waals surface area contributed by atoms with Crippen LogP contribution in [-0.2, 0) is 0 Å². The lowest BCUT2D eigenvalue weighted by atomic mass is 10.00. The highest BCUT2D eigenvalue weighted by Gasteiger charge is 2.21. The Morgan fingerprint density at radius 1 is 0.471 bits per heavy atom. The van der Waals surface area contributed by atoms with Gasteiger partial charge in [-0.1, -0.05) is 121 Å². The number of benzene rings is 7. The summed E-state index contributed by atoms with van der Waals surface area (Å²) in [6.45, 7) is 0. The van der Waals surface area contributed by atoms with Crippen molar-refractivity contribution in [2.24, 2.45) is 0 Å². The van der Waals surface area contributed by atoms with E-state index in [0.717, 1.165) is 43.8 Å². The molecule has 4 heterocycles. The molecule has 0 spiro atoms. The minimum atomic E-state index is -0.537. The van der Waals surface area contributed by atoms with Crippen molar-refractivity contribution in [1.29, 1.82) is 0 Å². The van der Waals surface area contributed by atoms with E-state index in [-0.39, 0.29) is 39.4 Å². The van der Waals surface area contributed by atoms with Gasteiger partial charge in [0.2, 0.25) is 5.95 Å². The van der Waals surface area contributed by atoms with E-state index in [9.17, 15) is 0 Å². The first-order valence-corrected chi connectivity index (χ1v) is 16.3. The van der Waals surface area contributed by atoms with Crippen LogP contribution in [0.2, 0.25) is 0 Å². The Morgan fingerprint density at radius 3 is 2.00 bits per heavy atom. The molecular formula is C45H26N4O2. The normalized spacial score (nSPS) is 14.1. The average molecular weight is 663 g/mol. The number of hydrogen-bond acceptors (Lipinski definition) is 5. The predicted molar refractivity (Wildman–Crippen MR) is 205 cm³/mol. The summed E-state index contributed by atoms with van der Waals surface area (Å²) < 4.78 is 84.1. The third kappa shape index (κ3) is 4.20. The van der Waals surface area contributed by atoms with E-state index in [1.165, 1.54) is 4.57 Å². The minimum absolute atomic E-state index is 0.0710. The first-order chi connectivity index (χ1) is 28.6. The fourth-order valence-corrected chi connectivity index (χ4v) is 7.08. The van der Waals surface area contributed by atoms with Crippen LogP contribution in [0.5, 0.6) is 0 Å². The lowest BCUT2D eigenvalue weighted by molar-refractivity contribution is 0.668. The lowest BCUT2D eigenvalue weighted by Gasteiger charge is -2.11. The Bertz CT molecular complexity index is 3540. The number of para-hydroxylation sites is 4. The molecule has 11 aromatic rings. The van der Waals surface area contributed by atoms with E-state index in [1.807, 2.05) is 109 Å². The zero-order chi connectivity index (χ0) is 40.4. The quantitative estimate of drug-likeness (QED) is 0.188. The van der Waals surface area contributed by atoms with Crippen molar-refractivity contribution < 1.29 is 19.8 Å². The zero-order valence-electron chi connectivity index (χ0n) is 34.5. The van der Waals surface area contributed by atoms with Crippen LogP contribution in [0.1, 0.15) is 11.0 Å². The largest absolute Gasteiger partial charge is 0.456 e. The fourth-order valence-electron chi connectivity index (χ4n) is 7.08. The molecule has 6 heteroatoms. The number of fused-ring (bicyclic) bond motifs is 9. The third-order valence-electron chi connectivity index (χ3n) is 9.34. The molecule has 238 valence electrons. The molecule has 6 nitrogen and oxygen atoms in total. The topological polar surface area (TPSA) is 69.9 Å². The van der Waals surface area contributed by atoms with E-state index in [2.05, 4.69) is 0 Å². The second kappa shape index (κ2) is 10.7. The van der Waals surface area contributed by atoms with E-state index in [1.54, 1.807) is 0 Å². The summed E-state index contributed by atoms with van der Waals surface area (Å²) in [5, 5.41) is 3.42. The predicted octanol–water partition coefficient (Wildman–Crippen LogP) is 11.8. The van der Waals surface area contributed by atoms with Gasteiger partial charge in [-0.3, -0.25) is 4.57 Å². The number of nitrogens with zero attached hydrogens (tertiary/aromatic N) is 4. The van der Waals surface area contributed by atoms with Crippen LogP contribution in [-0.4, -0.2) is 19.5 Å². The molecule has 0 saturated carbocycles. The second-order valence-electron chi connectivity index (χ2n) is 12.2. The molecular weight excluding hydrogens is 629 g/mol. The Balaban J connectivity index is 1.19. The van der Waals surface area contributed by atoms with E-state index >= 15 is 0 Å². The summed E-state index contributed by atoms with van der Waals surface area (Å²) in [5.74, 6) is 0.332. The van der Waals surface area contributed by atoms with Gasteiger partial charge in [0.1, 0.15) is 22.3 Å². The number of furan rings is 2. The molecule has 0 fully saturated rings. The SMILES string of the molecule is [2H]c1c([2H])c([2H])c2c(c1[2H])c1c([2H])c([2H])c([2H])c([2H])c1n2-c1nc(-c2ccccc2)nc(-c2cccc3oc4cc(-c5cccc6c5oc5ccccc56)ccc4c23)n1. The highest BCUT2D eigenvalue weighted by Crippen LogP contribution is 2.41. The Kier molecular flexibility index (Phi) is 4.44. The van der Waals surface area contributed by atoms with Gasteiger partial charge in [0.05, 0.1) is 22.0 Å². The maximum Gasteiger partial charge on any atom is 0.238 e. The van der Waals surface area contributed by atoms with Crippen LogP contribution >= 0.6 is 0 Å². The van der Waals surface area contributed by atoms with Crippen molar-refractivity contribution in [1.82, 2.24) is 19.5 Å². The van der Waals surface area contributed by atoms with E-state index in [0.29, 0.717) is 22.3 Å². The van der Waals surface area contributed by atoms with Gasteiger partial charge in [-0.05, 0) is 41.9 Å². The molecule has 7 aromatic carbocycles.